The van der Waals surface area contributed by atoms with E-state index in [1.807, 2.05) is 0 Å². The number of morpholine rings is 1. The Kier molecular flexibility index (Phi) is 3.64. The molecular weight excluding hydrogens is 224 g/mol. The maximum absolute atomic E-state index is 5.77. The Balaban J connectivity index is 1.80. The second-order valence-corrected chi connectivity index (χ2v) is 5.24. The molecule has 18 heavy (non-hydrogen) atoms. The number of hydrogen-bond acceptors (Lipinski definition) is 3. The molecule has 1 aromatic carbocycles. The van der Waals surface area contributed by atoms with Gasteiger partial charge in [0.05, 0.1) is 12.7 Å². The fourth-order valence-corrected chi connectivity index (χ4v) is 3.07. The maximum Gasteiger partial charge on any atom is 0.0700 e. The fourth-order valence-electron chi connectivity index (χ4n) is 3.07. The molecule has 2 unspecified atom stereocenters. The van der Waals surface area contributed by atoms with Gasteiger partial charge in [-0.05, 0) is 17.5 Å². The van der Waals surface area contributed by atoms with Crippen LogP contribution in [0.25, 0.3) is 0 Å². The number of nitrogens with zero attached hydrogens (tertiary/aromatic N) is 1. The first kappa shape index (κ1) is 12.2. The number of nitrogens with one attached hydrogen (secondary N) is 1. The second kappa shape index (κ2) is 5.39. The van der Waals surface area contributed by atoms with Crippen molar-refractivity contribution in [3.05, 3.63) is 35.4 Å². The lowest BCUT2D eigenvalue weighted by atomic mass is 9.95. The van der Waals surface area contributed by atoms with Crippen LogP contribution in [0.4, 0.5) is 0 Å². The van der Waals surface area contributed by atoms with Crippen LogP contribution in [0.3, 0.4) is 0 Å². The first-order chi connectivity index (χ1) is 8.88. The van der Waals surface area contributed by atoms with Crippen LogP contribution >= 0.6 is 0 Å². The van der Waals surface area contributed by atoms with E-state index in [0.29, 0.717) is 12.1 Å². The summed E-state index contributed by atoms with van der Waals surface area (Å²) >= 11 is 0. The molecule has 0 aromatic heterocycles. The van der Waals surface area contributed by atoms with Crippen molar-refractivity contribution < 1.29 is 4.74 Å². The van der Waals surface area contributed by atoms with Crippen LogP contribution < -0.4 is 5.32 Å². The lowest BCUT2D eigenvalue weighted by molar-refractivity contribution is -0.0457. The maximum atomic E-state index is 5.77. The summed E-state index contributed by atoms with van der Waals surface area (Å²) < 4.78 is 5.77. The molecule has 0 radical (unpaired) electrons. The molecule has 0 bridgehead atoms. The first-order valence-corrected chi connectivity index (χ1v) is 7.02. The van der Waals surface area contributed by atoms with E-state index >= 15 is 0 Å². The van der Waals surface area contributed by atoms with E-state index in [1.165, 1.54) is 11.1 Å². The molecule has 0 aliphatic carbocycles. The molecule has 1 aromatic rings. The topological polar surface area (TPSA) is 24.5 Å². The van der Waals surface area contributed by atoms with Crippen LogP contribution in [0.15, 0.2) is 24.3 Å². The van der Waals surface area contributed by atoms with Crippen molar-refractivity contribution in [2.75, 3.05) is 26.2 Å². The Morgan fingerprint density at radius 1 is 1.39 bits per heavy atom. The summed E-state index contributed by atoms with van der Waals surface area (Å²) in [5.74, 6) is 0. The van der Waals surface area contributed by atoms with E-state index in [-0.39, 0.29) is 0 Å². The lowest BCUT2D eigenvalue weighted by Gasteiger charge is -2.40. The van der Waals surface area contributed by atoms with Gasteiger partial charge in [-0.3, -0.25) is 4.90 Å². The minimum atomic E-state index is 0.410. The molecular formula is C15H22N2O. The van der Waals surface area contributed by atoms with Gasteiger partial charge >= 0.3 is 0 Å². The van der Waals surface area contributed by atoms with Crippen LogP contribution in [0.2, 0.25) is 0 Å². The minimum Gasteiger partial charge on any atom is -0.376 e. The molecule has 1 fully saturated rings. The van der Waals surface area contributed by atoms with E-state index in [2.05, 4.69) is 41.4 Å². The molecule has 0 amide bonds. The lowest BCUT2D eigenvalue weighted by Crippen LogP contribution is -2.48. The number of benzene rings is 1. The van der Waals surface area contributed by atoms with Crippen molar-refractivity contribution in [3.63, 3.8) is 0 Å². The standard InChI is InChI=1S/C15H22N2O/c1-2-13-11-17(7-8-18-13)15-10-16-9-12-5-3-4-6-14(12)15/h3-6,13,15-16H,2,7-11H2,1H3. The second-order valence-electron chi connectivity index (χ2n) is 5.24. The summed E-state index contributed by atoms with van der Waals surface area (Å²) in [4.78, 5) is 2.59. The van der Waals surface area contributed by atoms with Crippen LogP contribution in [-0.4, -0.2) is 37.2 Å². The van der Waals surface area contributed by atoms with Gasteiger partial charge in [0.2, 0.25) is 0 Å². The predicted molar refractivity (Wildman–Crippen MR) is 72.5 cm³/mol. The van der Waals surface area contributed by atoms with Crippen LogP contribution in [-0.2, 0) is 11.3 Å². The molecule has 1 saturated heterocycles. The minimum absolute atomic E-state index is 0.410. The molecule has 2 aliphatic heterocycles. The van der Waals surface area contributed by atoms with Gasteiger partial charge in [-0.25, -0.2) is 0 Å². The molecule has 1 N–H and O–H groups in total. The molecule has 2 heterocycles. The zero-order valence-electron chi connectivity index (χ0n) is 11.1. The Labute approximate surface area is 109 Å². The zero-order chi connectivity index (χ0) is 12.4. The van der Waals surface area contributed by atoms with Crippen molar-refractivity contribution in [1.82, 2.24) is 10.2 Å². The Morgan fingerprint density at radius 3 is 3.17 bits per heavy atom. The summed E-state index contributed by atoms with van der Waals surface area (Å²) in [7, 11) is 0. The summed E-state index contributed by atoms with van der Waals surface area (Å²) in [5, 5.41) is 3.54. The third-order valence-electron chi connectivity index (χ3n) is 4.13. The quantitative estimate of drug-likeness (QED) is 0.863. The van der Waals surface area contributed by atoms with Crippen LogP contribution in [0.5, 0.6) is 0 Å². The van der Waals surface area contributed by atoms with Gasteiger partial charge in [-0.2, -0.15) is 0 Å². The Hall–Kier alpha value is -0.900. The SMILES string of the molecule is CCC1CN(C2CNCc3ccccc32)CCO1. The van der Waals surface area contributed by atoms with Crippen molar-refractivity contribution in [3.8, 4) is 0 Å². The van der Waals surface area contributed by atoms with Gasteiger partial charge < -0.3 is 10.1 Å². The summed E-state index contributed by atoms with van der Waals surface area (Å²) in [6, 6.07) is 9.35. The van der Waals surface area contributed by atoms with E-state index < -0.39 is 0 Å². The van der Waals surface area contributed by atoms with Crippen molar-refractivity contribution in [2.24, 2.45) is 0 Å². The average molecular weight is 246 g/mol. The van der Waals surface area contributed by atoms with Gasteiger partial charge in [0.25, 0.3) is 0 Å². The molecule has 0 saturated carbocycles. The summed E-state index contributed by atoms with van der Waals surface area (Å²) in [6.07, 6.45) is 1.52. The van der Waals surface area contributed by atoms with Crippen molar-refractivity contribution in [1.29, 1.82) is 0 Å². The largest absolute Gasteiger partial charge is 0.376 e. The van der Waals surface area contributed by atoms with E-state index in [1.54, 1.807) is 0 Å². The molecule has 2 atom stereocenters. The molecule has 98 valence electrons. The van der Waals surface area contributed by atoms with E-state index in [4.69, 9.17) is 4.74 Å². The van der Waals surface area contributed by atoms with E-state index in [0.717, 1.165) is 39.2 Å². The third kappa shape index (κ3) is 2.30. The zero-order valence-corrected chi connectivity index (χ0v) is 11.1. The highest BCUT2D eigenvalue weighted by Crippen LogP contribution is 2.28. The van der Waals surface area contributed by atoms with E-state index in [9.17, 15) is 0 Å². The highest BCUT2D eigenvalue weighted by atomic mass is 16.5. The van der Waals surface area contributed by atoms with Gasteiger partial charge in [0.15, 0.2) is 0 Å². The van der Waals surface area contributed by atoms with Crippen LogP contribution in [0, 0.1) is 0 Å². The molecule has 3 heteroatoms. The monoisotopic (exact) mass is 246 g/mol. The number of ether oxygens (including phenoxy) is 1. The Morgan fingerprint density at radius 2 is 2.28 bits per heavy atom. The van der Waals surface area contributed by atoms with Gasteiger partial charge in [0.1, 0.15) is 0 Å². The number of rotatable bonds is 2. The summed E-state index contributed by atoms with van der Waals surface area (Å²) in [6.45, 7) is 7.27. The summed E-state index contributed by atoms with van der Waals surface area (Å²) in [5.41, 5.74) is 2.96. The number of hydrogen-bond donors (Lipinski definition) is 1. The van der Waals surface area contributed by atoms with Crippen LogP contribution in [0.1, 0.15) is 30.5 Å². The molecule has 2 aliphatic rings. The smallest absolute Gasteiger partial charge is 0.0700 e. The van der Waals surface area contributed by atoms with Gasteiger partial charge in [-0.15, -0.1) is 0 Å². The molecule has 3 nitrogen and oxygen atoms in total. The van der Waals surface area contributed by atoms with Gasteiger partial charge in [0, 0.05) is 32.2 Å². The fraction of sp³-hybridized carbons (Fsp3) is 0.600. The van der Waals surface area contributed by atoms with Crippen molar-refractivity contribution >= 4 is 0 Å². The normalized spacial score (nSPS) is 28.9. The van der Waals surface area contributed by atoms with Gasteiger partial charge in [-0.1, -0.05) is 31.2 Å². The predicted octanol–water partition coefficient (Wildman–Crippen LogP) is 1.94. The molecule has 0 spiro atoms. The average Bonchev–Trinajstić information content (AvgIpc) is 2.47. The number of fused-ring (bicyclic) bond motifs is 1. The van der Waals surface area contributed by atoms with Crippen molar-refractivity contribution in [2.45, 2.75) is 32.0 Å². The highest BCUT2D eigenvalue weighted by molar-refractivity contribution is 5.32. The molecule has 3 rings (SSSR count). The first-order valence-electron chi connectivity index (χ1n) is 7.02. The Bertz CT molecular complexity index is 407. The third-order valence-corrected chi connectivity index (χ3v) is 4.13. The highest BCUT2D eigenvalue weighted by Gasteiger charge is 2.29.